The van der Waals surface area contributed by atoms with Crippen molar-refractivity contribution in [3.63, 3.8) is 0 Å². The summed E-state index contributed by atoms with van der Waals surface area (Å²) in [6.07, 6.45) is 4.91. The van der Waals surface area contributed by atoms with Crippen molar-refractivity contribution in [1.82, 2.24) is 5.32 Å². The van der Waals surface area contributed by atoms with Crippen molar-refractivity contribution in [2.45, 2.75) is 56.3 Å². The topological polar surface area (TPSA) is 33.3 Å². The fourth-order valence-corrected chi connectivity index (χ4v) is 6.94. The van der Waals surface area contributed by atoms with Crippen molar-refractivity contribution in [3.05, 3.63) is 96.1 Å². The third-order valence-corrected chi connectivity index (χ3v) is 8.38. The third kappa shape index (κ3) is 4.54. The van der Waals surface area contributed by atoms with E-state index in [1.165, 1.54) is 36.8 Å². The van der Waals surface area contributed by atoms with Crippen LogP contribution in [0.15, 0.2) is 84.9 Å². The normalized spacial score (nSPS) is 29.4. The van der Waals surface area contributed by atoms with Crippen LogP contribution in [0.3, 0.4) is 0 Å². The summed E-state index contributed by atoms with van der Waals surface area (Å²) in [5.41, 5.74) is 3.19. The number of para-hydroxylation sites is 2. The lowest BCUT2D eigenvalue weighted by Crippen LogP contribution is -2.51. The molecule has 2 saturated carbocycles. The number of hydrogen-bond donors (Lipinski definition) is 2. The Bertz CT molecular complexity index is 1090. The Balaban J connectivity index is 1.44. The van der Waals surface area contributed by atoms with Crippen LogP contribution in [-0.4, -0.2) is 24.7 Å². The second kappa shape index (κ2) is 9.62. The summed E-state index contributed by atoms with van der Waals surface area (Å²) < 4.78 is 31.3. The van der Waals surface area contributed by atoms with Crippen LogP contribution in [0.1, 0.15) is 42.7 Å². The minimum absolute atomic E-state index is 0.0981. The molecule has 3 aromatic carbocycles. The molecule has 1 saturated heterocycles. The van der Waals surface area contributed by atoms with Gasteiger partial charge in [-0.05, 0) is 60.3 Å². The maximum absolute atomic E-state index is 13.2. The number of rotatable bonds is 7. The number of ether oxygens (including phenoxy) is 1. The molecule has 3 fully saturated rings. The Labute approximate surface area is 205 Å². The lowest BCUT2D eigenvalue weighted by atomic mass is 9.80. The summed E-state index contributed by atoms with van der Waals surface area (Å²) in [6.45, 7) is -2.85. The first-order valence-corrected chi connectivity index (χ1v) is 12.9. The fourth-order valence-electron chi connectivity index (χ4n) is 6.94. The standard InChI is InChI=1S/C30H32F2N2O/c31-30(32)35-25-17-8-7-16-24(25)34-29-27-22-15-9-14-21(18-23(22)27)33-28(29)26(19-10-3-1-4-11-19)20-12-5-2-6-13-20/h1-8,10-13,16-17,21-23,26-30,33-34H,9,14-15,18H2/t21?,22-,23?,27-,28?,29?/m0/s1. The van der Waals surface area contributed by atoms with Gasteiger partial charge in [0.05, 0.1) is 5.69 Å². The van der Waals surface area contributed by atoms with E-state index in [9.17, 15) is 8.78 Å². The fraction of sp³-hybridized carbons (Fsp3) is 0.400. The molecule has 3 aliphatic rings. The van der Waals surface area contributed by atoms with E-state index in [1.54, 1.807) is 12.1 Å². The van der Waals surface area contributed by atoms with E-state index in [2.05, 4.69) is 71.3 Å². The predicted octanol–water partition coefficient (Wildman–Crippen LogP) is 6.68. The molecular weight excluding hydrogens is 442 g/mol. The van der Waals surface area contributed by atoms with Gasteiger partial charge in [-0.15, -0.1) is 0 Å². The molecule has 1 heterocycles. The van der Waals surface area contributed by atoms with Crippen molar-refractivity contribution in [1.29, 1.82) is 0 Å². The molecule has 182 valence electrons. The van der Waals surface area contributed by atoms with Crippen LogP contribution in [0.25, 0.3) is 0 Å². The molecule has 35 heavy (non-hydrogen) atoms. The SMILES string of the molecule is FC(F)Oc1ccccc1NC1C(C(c2ccccc2)c2ccccc2)NC2CCC[C@H]3C(C2)[C@@H]13. The number of hydrogen-bond acceptors (Lipinski definition) is 3. The minimum Gasteiger partial charge on any atom is -0.433 e. The van der Waals surface area contributed by atoms with Gasteiger partial charge in [0.2, 0.25) is 0 Å². The van der Waals surface area contributed by atoms with Gasteiger partial charge in [0.15, 0.2) is 0 Å². The van der Waals surface area contributed by atoms with Crippen LogP contribution < -0.4 is 15.4 Å². The second-order valence-corrected chi connectivity index (χ2v) is 10.3. The van der Waals surface area contributed by atoms with Gasteiger partial charge >= 0.3 is 6.61 Å². The Morgan fingerprint density at radius 3 is 2.14 bits per heavy atom. The Morgan fingerprint density at radius 1 is 0.800 bits per heavy atom. The molecule has 3 aromatic rings. The van der Waals surface area contributed by atoms with Crippen LogP contribution in [0.4, 0.5) is 14.5 Å². The van der Waals surface area contributed by atoms with Gasteiger partial charge in [-0.25, -0.2) is 0 Å². The Hall–Kier alpha value is -2.92. The van der Waals surface area contributed by atoms with Gasteiger partial charge in [0.1, 0.15) is 5.75 Å². The molecule has 0 amide bonds. The van der Waals surface area contributed by atoms with Gasteiger partial charge in [-0.3, -0.25) is 0 Å². The van der Waals surface area contributed by atoms with Crippen LogP contribution in [0.2, 0.25) is 0 Å². The van der Waals surface area contributed by atoms with Gasteiger partial charge in [0, 0.05) is 24.0 Å². The highest BCUT2D eigenvalue weighted by Gasteiger charge is 2.59. The number of nitrogens with one attached hydrogen (secondary N) is 2. The summed E-state index contributed by atoms with van der Waals surface area (Å²) in [7, 11) is 0. The molecule has 6 atom stereocenters. The highest BCUT2D eigenvalue weighted by Crippen LogP contribution is 2.59. The van der Waals surface area contributed by atoms with Gasteiger partial charge in [-0.1, -0.05) is 79.2 Å². The maximum Gasteiger partial charge on any atom is 0.387 e. The van der Waals surface area contributed by atoms with Crippen LogP contribution >= 0.6 is 0 Å². The van der Waals surface area contributed by atoms with Crippen LogP contribution in [0.5, 0.6) is 5.75 Å². The van der Waals surface area contributed by atoms with Crippen molar-refractivity contribution >= 4 is 5.69 Å². The Kier molecular flexibility index (Phi) is 6.19. The highest BCUT2D eigenvalue weighted by atomic mass is 19.3. The smallest absolute Gasteiger partial charge is 0.387 e. The van der Waals surface area contributed by atoms with E-state index < -0.39 is 6.61 Å². The van der Waals surface area contributed by atoms with Crippen molar-refractivity contribution in [2.75, 3.05) is 5.32 Å². The van der Waals surface area contributed by atoms with E-state index in [-0.39, 0.29) is 23.8 Å². The third-order valence-electron chi connectivity index (χ3n) is 8.38. The van der Waals surface area contributed by atoms with E-state index in [1.807, 2.05) is 12.1 Å². The molecule has 2 bridgehead atoms. The average molecular weight is 475 g/mol. The zero-order chi connectivity index (χ0) is 23.8. The molecule has 0 aromatic heterocycles. The average Bonchev–Trinajstić information content (AvgIpc) is 3.60. The number of anilines is 1. The number of benzene rings is 3. The molecule has 2 N–H and O–H groups in total. The zero-order valence-corrected chi connectivity index (χ0v) is 19.7. The predicted molar refractivity (Wildman–Crippen MR) is 135 cm³/mol. The first-order valence-electron chi connectivity index (χ1n) is 12.9. The second-order valence-electron chi connectivity index (χ2n) is 10.3. The first kappa shape index (κ1) is 22.5. The molecular formula is C30H32F2N2O. The van der Waals surface area contributed by atoms with E-state index in [4.69, 9.17) is 4.74 Å². The van der Waals surface area contributed by atoms with E-state index in [0.29, 0.717) is 29.5 Å². The minimum atomic E-state index is -2.85. The summed E-state index contributed by atoms with van der Waals surface area (Å²) in [6, 6.07) is 29.2. The van der Waals surface area contributed by atoms with Crippen LogP contribution in [0, 0.1) is 17.8 Å². The molecule has 0 spiro atoms. The number of fused-ring (bicyclic) bond motifs is 2. The molecule has 6 rings (SSSR count). The van der Waals surface area contributed by atoms with Crippen molar-refractivity contribution < 1.29 is 13.5 Å². The molecule has 5 heteroatoms. The summed E-state index contributed by atoms with van der Waals surface area (Å²) >= 11 is 0. The maximum atomic E-state index is 13.2. The molecule has 1 aliphatic heterocycles. The van der Waals surface area contributed by atoms with E-state index >= 15 is 0 Å². The lowest BCUT2D eigenvalue weighted by Gasteiger charge is -2.38. The van der Waals surface area contributed by atoms with Crippen LogP contribution in [-0.2, 0) is 0 Å². The van der Waals surface area contributed by atoms with Crippen molar-refractivity contribution in [2.24, 2.45) is 17.8 Å². The largest absolute Gasteiger partial charge is 0.433 e. The van der Waals surface area contributed by atoms with Crippen molar-refractivity contribution in [3.8, 4) is 5.75 Å². The monoisotopic (exact) mass is 474 g/mol. The van der Waals surface area contributed by atoms with Gasteiger partial charge in [-0.2, -0.15) is 8.78 Å². The highest BCUT2D eigenvalue weighted by molar-refractivity contribution is 5.58. The summed E-state index contributed by atoms with van der Waals surface area (Å²) in [5, 5.41) is 7.83. The summed E-state index contributed by atoms with van der Waals surface area (Å²) in [4.78, 5) is 0. The number of alkyl halides is 2. The van der Waals surface area contributed by atoms with Gasteiger partial charge in [0.25, 0.3) is 0 Å². The zero-order valence-electron chi connectivity index (χ0n) is 19.7. The lowest BCUT2D eigenvalue weighted by molar-refractivity contribution is -0.0494. The summed E-state index contributed by atoms with van der Waals surface area (Å²) in [5.74, 6) is 2.26. The molecule has 2 aliphatic carbocycles. The quantitative estimate of drug-likeness (QED) is 0.401. The molecule has 0 radical (unpaired) electrons. The number of halogens is 2. The molecule has 4 unspecified atom stereocenters. The van der Waals surface area contributed by atoms with Gasteiger partial charge < -0.3 is 15.4 Å². The first-order chi connectivity index (χ1) is 17.2. The Morgan fingerprint density at radius 2 is 1.46 bits per heavy atom. The molecule has 3 nitrogen and oxygen atoms in total. The van der Waals surface area contributed by atoms with E-state index in [0.717, 1.165) is 0 Å².